The van der Waals surface area contributed by atoms with Gasteiger partial charge in [-0.2, -0.15) is 0 Å². The summed E-state index contributed by atoms with van der Waals surface area (Å²) in [5, 5.41) is 0. The molecule has 1 aromatic heterocycles. The van der Waals surface area contributed by atoms with Crippen LogP contribution >= 0.6 is 0 Å². The lowest BCUT2D eigenvalue weighted by molar-refractivity contribution is 0.413. The van der Waals surface area contributed by atoms with Crippen LogP contribution in [0.4, 0.5) is 10.2 Å². The van der Waals surface area contributed by atoms with E-state index in [1.54, 1.807) is 6.07 Å². The maximum absolute atomic E-state index is 13.6. The molecule has 128 valence electrons. The Balaban J connectivity index is 1.91. The molecule has 2 heterocycles. The highest BCUT2D eigenvalue weighted by Crippen LogP contribution is 2.25. The van der Waals surface area contributed by atoms with Crippen LogP contribution in [-0.4, -0.2) is 29.6 Å². The first-order valence-corrected chi connectivity index (χ1v) is 8.78. The van der Waals surface area contributed by atoms with Gasteiger partial charge in [-0.05, 0) is 43.9 Å². The summed E-state index contributed by atoms with van der Waals surface area (Å²) in [5.41, 5.74) is 7.53. The SMILES string of the molecule is CCCc1cc(N2CCC(CN)CC2)nc(-c2cccc(F)c2)n1. The first kappa shape index (κ1) is 16.8. The first-order valence-electron chi connectivity index (χ1n) is 8.78. The van der Waals surface area contributed by atoms with Gasteiger partial charge in [-0.1, -0.05) is 25.5 Å². The van der Waals surface area contributed by atoms with Gasteiger partial charge < -0.3 is 10.6 Å². The van der Waals surface area contributed by atoms with Gasteiger partial charge in [-0.15, -0.1) is 0 Å². The van der Waals surface area contributed by atoms with E-state index in [-0.39, 0.29) is 5.82 Å². The molecule has 24 heavy (non-hydrogen) atoms. The molecule has 3 rings (SSSR count). The second-order valence-corrected chi connectivity index (χ2v) is 6.47. The molecule has 4 nitrogen and oxygen atoms in total. The van der Waals surface area contributed by atoms with Crippen molar-refractivity contribution in [1.29, 1.82) is 0 Å². The summed E-state index contributed by atoms with van der Waals surface area (Å²) >= 11 is 0. The number of piperidine rings is 1. The van der Waals surface area contributed by atoms with Crippen molar-refractivity contribution >= 4 is 5.82 Å². The minimum atomic E-state index is -0.262. The third-order valence-electron chi connectivity index (χ3n) is 4.63. The van der Waals surface area contributed by atoms with E-state index in [1.807, 2.05) is 6.07 Å². The molecule has 2 N–H and O–H groups in total. The van der Waals surface area contributed by atoms with Gasteiger partial charge in [0.1, 0.15) is 11.6 Å². The van der Waals surface area contributed by atoms with Gasteiger partial charge in [-0.3, -0.25) is 0 Å². The van der Waals surface area contributed by atoms with E-state index in [0.29, 0.717) is 11.7 Å². The Bertz CT molecular complexity index is 681. The van der Waals surface area contributed by atoms with Gasteiger partial charge in [0.25, 0.3) is 0 Å². The highest BCUT2D eigenvalue weighted by molar-refractivity contribution is 5.58. The van der Waals surface area contributed by atoms with Crippen molar-refractivity contribution < 1.29 is 4.39 Å². The van der Waals surface area contributed by atoms with Crippen molar-refractivity contribution in [3.63, 3.8) is 0 Å². The summed E-state index contributed by atoms with van der Waals surface area (Å²) < 4.78 is 13.6. The number of halogens is 1. The Morgan fingerprint density at radius 1 is 1.21 bits per heavy atom. The third-order valence-corrected chi connectivity index (χ3v) is 4.63. The number of aromatic nitrogens is 2. The minimum absolute atomic E-state index is 0.262. The van der Waals surface area contributed by atoms with Gasteiger partial charge in [0.05, 0.1) is 0 Å². The second kappa shape index (κ2) is 7.71. The molecular weight excluding hydrogens is 303 g/mol. The van der Waals surface area contributed by atoms with E-state index >= 15 is 0 Å². The number of hydrogen-bond donors (Lipinski definition) is 1. The lowest BCUT2D eigenvalue weighted by atomic mass is 9.97. The Kier molecular flexibility index (Phi) is 5.41. The molecule has 0 atom stereocenters. The minimum Gasteiger partial charge on any atom is -0.356 e. The smallest absolute Gasteiger partial charge is 0.161 e. The highest BCUT2D eigenvalue weighted by atomic mass is 19.1. The number of rotatable bonds is 5. The molecule has 0 amide bonds. The predicted molar refractivity (Wildman–Crippen MR) is 95.4 cm³/mol. The molecule has 0 saturated carbocycles. The quantitative estimate of drug-likeness (QED) is 0.914. The van der Waals surface area contributed by atoms with Crippen molar-refractivity contribution in [3.8, 4) is 11.4 Å². The molecular formula is C19H25FN4. The lowest BCUT2D eigenvalue weighted by Gasteiger charge is -2.32. The number of aryl methyl sites for hydroxylation is 1. The molecule has 0 unspecified atom stereocenters. The van der Waals surface area contributed by atoms with Gasteiger partial charge in [0.2, 0.25) is 0 Å². The van der Waals surface area contributed by atoms with E-state index in [9.17, 15) is 4.39 Å². The van der Waals surface area contributed by atoms with Crippen LogP contribution in [0.1, 0.15) is 31.9 Å². The van der Waals surface area contributed by atoms with Gasteiger partial charge >= 0.3 is 0 Å². The summed E-state index contributed by atoms with van der Waals surface area (Å²) in [5.74, 6) is 1.91. The number of anilines is 1. The molecule has 1 saturated heterocycles. The average Bonchev–Trinajstić information content (AvgIpc) is 2.62. The fourth-order valence-electron chi connectivity index (χ4n) is 3.18. The van der Waals surface area contributed by atoms with Crippen LogP contribution in [0.3, 0.4) is 0 Å². The van der Waals surface area contributed by atoms with Crippen LogP contribution in [0.5, 0.6) is 0 Å². The molecule has 1 aromatic carbocycles. The highest BCUT2D eigenvalue weighted by Gasteiger charge is 2.20. The van der Waals surface area contributed by atoms with Crippen molar-refractivity contribution in [3.05, 3.63) is 41.8 Å². The molecule has 0 bridgehead atoms. The summed E-state index contributed by atoms with van der Waals surface area (Å²) in [4.78, 5) is 11.7. The van der Waals surface area contributed by atoms with Crippen molar-refractivity contribution in [2.75, 3.05) is 24.5 Å². The van der Waals surface area contributed by atoms with E-state index in [2.05, 4.69) is 22.9 Å². The molecule has 2 aromatic rings. The fraction of sp³-hybridized carbons (Fsp3) is 0.474. The molecule has 0 radical (unpaired) electrons. The first-order chi connectivity index (χ1) is 11.7. The standard InChI is InChI=1S/C19H25FN4/c1-2-4-17-12-18(24-9-7-14(13-21)8-10-24)23-19(22-17)15-5-3-6-16(20)11-15/h3,5-6,11-12,14H,2,4,7-10,13,21H2,1H3. The molecule has 0 spiro atoms. The van der Waals surface area contributed by atoms with Crippen LogP contribution in [0.15, 0.2) is 30.3 Å². The van der Waals surface area contributed by atoms with Crippen LogP contribution in [0.2, 0.25) is 0 Å². The van der Waals surface area contributed by atoms with Crippen molar-refractivity contribution in [2.24, 2.45) is 11.7 Å². The summed E-state index contributed by atoms with van der Waals surface area (Å²) in [7, 11) is 0. The monoisotopic (exact) mass is 328 g/mol. The third kappa shape index (κ3) is 3.90. The molecule has 5 heteroatoms. The lowest BCUT2D eigenvalue weighted by Crippen LogP contribution is -2.36. The zero-order chi connectivity index (χ0) is 16.9. The normalized spacial score (nSPS) is 15.7. The fourth-order valence-corrected chi connectivity index (χ4v) is 3.18. The van der Waals surface area contributed by atoms with E-state index in [0.717, 1.165) is 62.4 Å². The number of nitrogens with zero attached hydrogens (tertiary/aromatic N) is 3. The zero-order valence-electron chi connectivity index (χ0n) is 14.2. The number of nitrogens with two attached hydrogens (primary N) is 1. The van der Waals surface area contributed by atoms with Crippen LogP contribution in [0.25, 0.3) is 11.4 Å². The summed E-state index contributed by atoms with van der Waals surface area (Å²) in [6.45, 7) is 4.82. The van der Waals surface area contributed by atoms with Gasteiger partial charge in [0.15, 0.2) is 5.82 Å². The Morgan fingerprint density at radius 3 is 2.67 bits per heavy atom. The maximum atomic E-state index is 13.6. The maximum Gasteiger partial charge on any atom is 0.161 e. The van der Waals surface area contributed by atoms with Gasteiger partial charge in [0, 0.05) is 30.4 Å². The summed E-state index contributed by atoms with van der Waals surface area (Å²) in [6, 6.07) is 8.58. The van der Waals surface area contributed by atoms with Gasteiger partial charge in [-0.25, -0.2) is 14.4 Å². The van der Waals surface area contributed by atoms with E-state index in [1.165, 1.54) is 12.1 Å². The largest absolute Gasteiger partial charge is 0.356 e. The van der Waals surface area contributed by atoms with Crippen molar-refractivity contribution in [1.82, 2.24) is 9.97 Å². The Labute approximate surface area is 142 Å². The second-order valence-electron chi connectivity index (χ2n) is 6.47. The molecule has 1 aliphatic heterocycles. The van der Waals surface area contributed by atoms with E-state index in [4.69, 9.17) is 10.7 Å². The van der Waals surface area contributed by atoms with Crippen LogP contribution < -0.4 is 10.6 Å². The Morgan fingerprint density at radius 2 is 2.00 bits per heavy atom. The molecule has 0 aliphatic carbocycles. The molecule has 1 fully saturated rings. The molecule has 1 aliphatic rings. The number of benzene rings is 1. The van der Waals surface area contributed by atoms with Crippen LogP contribution in [0, 0.1) is 11.7 Å². The Hall–Kier alpha value is -2.01. The average molecular weight is 328 g/mol. The van der Waals surface area contributed by atoms with E-state index < -0.39 is 0 Å². The zero-order valence-corrected chi connectivity index (χ0v) is 14.2. The van der Waals surface area contributed by atoms with Crippen molar-refractivity contribution in [2.45, 2.75) is 32.6 Å². The number of hydrogen-bond acceptors (Lipinski definition) is 4. The predicted octanol–water partition coefficient (Wildman–Crippen LogP) is 3.41. The summed E-state index contributed by atoms with van der Waals surface area (Å²) in [6.07, 6.45) is 4.11. The van der Waals surface area contributed by atoms with Crippen LogP contribution in [-0.2, 0) is 6.42 Å². The topological polar surface area (TPSA) is 55.0 Å².